The Morgan fingerprint density at radius 3 is 1.57 bits per heavy atom. The first kappa shape index (κ1) is 30.9. The van der Waals surface area contributed by atoms with Gasteiger partial charge in [-0.05, 0) is 0 Å². The number of hydrogen-bond acceptors (Lipinski definition) is 9. The average Bonchev–Trinajstić information content (AvgIpc) is 2.77. The summed E-state index contributed by atoms with van der Waals surface area (Å²) in [4.78, 5) is 30.4. The third kappa shape index (κ3) is 12.1. The van der Waals surface area contributed by atoms with Crippen LogP contribution in [0.4, 0.5) is 37.7 Å². The minimum Gasteiger partial charge on any atom is -0.323 e. The minimum atomic E-state index is -4.61. The monoisotopic (exact) mass is 512 g/mol. The van der Waals surface area contributed by atoms with Crippen molar-refractivity contribution in [3.05, 3.63) is 79.9 Å². The number of alkyl halides is 6. The van der Waals surface area contributed by atoms with Crippen LogP contribution in [0.3, 0.4) is 0 Å². The number of nitrogens with zero attached hydrogens (tertiary/aromatic N) is 3. The summed E-state index contributed by atoms with van der Waals surface area (Å²) in [7, 11) is 0. The second kappa shape index (κ2) is 13.6. The molecular weight excluding hydrogens is 494 g/mol. The van der Waals surface area contributed by atoms with Gasteiger partial charge in [-0.15, -0.1) is 0 Å². The fourth-order valence-corrected chi connectivity index (χ4v) is 2.29. The lowest BCUT2D eigenvalue weighted by atomic mass is 10.1. The first-order chi connectivity index (χ1) is 16.1. The number of halogens is 6. The van der Waals surface area contributed by atoms with Gasteiger partial charge in [0.05, 0.1) is 22.0 Å². The maximum Gasteiger partial charge on any atom is 0.396 e. The molecule has 2 rings (SSSR count). The van der Waals surface area contributed by atoms with Crippen LogP contribution < -0.4 is 17.5 Å². The number of carbonyl (C=O) groups is 1. The average molecular weight is 512 g/mol. The normalized spacial score (nSPS) is 11.4. The first-order valence-electron chi connectivity index (χ1n) is 8.89. The molecule has 0 aliphatic rings. The molecule has 0 atom stereocenters. The van der Waals surface area contributed by atoms with E-state index in [1.165, 1.54) is 24.3 Å². The second-order valence-corrected chi connectivity index (χ2v) is 6.20. The molecule has 0 saturated heterocycles. The Balaban J connectivity index is 0.000000618. The molecule has 0 aromatic heterocycles. The highest BCUT2D eigenvalue weighted by Gasteiger charge is 2.32. The summed E-state index contributed by atoms with van der Waals surface area (Å²) in [5.74, 6) is 11.7. The summed E-state index contributed by atoms with van der Waals surface area (Å²) in [6.07, 6.45) is -12.0. The smallest absolute Gasteiger partial charge is 0.323 e. The number of non-ortho nitro benzene ring substituents is 2. The summed E-state index contributed by atoms with van der Waals surface area (Å²) in [6, 6.07) is 8.93. The number of Topliss-reactive ketones (excluding diaryl/α,β-unsaturated/α-hetero) is 1. The topological polar surface area (TPSA) is 194 Å². The van der Waals surface area contributed by atoms with E-state index in [0.717, 1.165) is 24.3 Å². The number of ketones is 1. The van der Waals surface area contributed by atoms with E-state index in [-0.39, 0.29) is 16.8 Å². The van der Waals surface area contributed by atoms with Crippen molar-refractivity contribution in [2.24, 2.45) is 22.6 Å². The van der Waals surface area contributed by atoms with Crippen LogP contribution in [0.25, 0.3) is 0 Å². The number of hydrazone groups is 1. The minimum absolute atomic E-state index is 0.0148. The van der Waals surface area contributed by atoms with Crippen LogP contribution in [0, 0.1) is 20.2 Å². The third-order valence-electron chi connectivity index (χ3n) is 3.65. The van der Waals surface area contributed by atoms with E-state index in [4.69, 9.17) is 5.84 Å². The number of nitro benzene ring substituents is 2. The maximum atomic E-state index is 12.2. The second-order valence-electron chi connectivity index (χ2n) is 6.20. The van der Waals surface area contributed by atoms with Gasteiger partial charge in [0.1, 0.15) is 6.42 Å². The summed E-state index contributed by atoms with van der Waals surface area (Å²) in [5.41, 5.74) is -1.49. The summed E-state index contributed by atoms with van der Waals surface area (Å²) >= 11 is 0. The van der Waals surface area contributed by atoms with Crippen LogP contribution in [-0.4, -0.2) is 33.7 Å². The largest absolute Gasteiger partial charge is 0.396 e. The van der Waals surface area contributed by atoms with Crippen LogP contribution in [-0.2, 0) is 0 Å². The fourth-order valence-electron chi connectivity index (χ4n) is 2.29. The van der Waals surface area contributed by atoms with Gasteiger partial charge < -0.3 is 5.84 Å². The van der Waals surface area contributed by atoms with Crippen molar-refractivity contribution in [1.82, 2.24) is 0 Å². The molecule has 0 aliphatic carbocycles. The van der Waals surface area contributed by atoms with Gasteiger partial charge in [-0.2, -0.15) is 31.4 Å². The molecule has 11 nitrogen and oxygen atoms in total. The van der Waals surface area contributed by atoms with Gasteiger partial charge in [0.25, 0.3) is 11.4 Å². The Morgan fingerprint density at radius 2 is 1.20 bits per heavy atom. The summed E-state index contributed by atoms with van der Waals surface area (Å²) < 4.78 is 72.2. The Labute approximate surface area is 192 Å². The van der Waals surface area contributed by atoms with E-state index in [9.17, 15) is 51.4 Å². The molecule has 0 unspecified atom stereocenters. The SMILES string of the molecule is N/N=C(\CC(F)(F)F)c1cccc([N+](=O)[O-])c1.NN.O=C(CC(F)(F)F)c1cccc([N+](=O)[O-])c1. The van der Waals surface area contributed by atoms with Gasteiger partial charge in [0.2, 0.25) is 0 Å². The number of rotatable bonds is 6. The van der Waals surface area contributed by atoms with E-state index in [1.807, 2.05) is 0 Å². The van der Waals surface area contributed by atoms with E-state index >= 15 is 0 Å². The van der Waals surface area contributed by atoms with Crippen LogP contribution in [0.1, 0.15) is 28.8 Å². The van der Waals surface area contributed by atoms with Crippen LogP contribution in [0.5, 0.6) is 0 Å². The molecule has 2 aromatic rings. The van der Waals surface area contributed by atoms with Gasteiger partial charge in [-0.1, -0.05) is 24.3 Å². The van der Waals surface area contributed by atoms with E-state index in [2.05, 4.69) is 16.8 Å². The molecule has 0 heterocycles. The Morgan fingerprint density at radius 1 is 0.800 bits per heavy atom. The lowest BCUT2D eigenvalue weighted by molar-refractivity contribution is -0.385. The van der Waals surface area contributed by atoms with Gasteiger partial charge in [0, 0.05) is 35.4 Å². The predicted octanol–water partition coefficient (Wildman–Crippen LogP) is 3.76. The van der Waals surface area contributed by atoms with Crippen molar-refractivity contribution in [1.29, 1.82) is 0 Å². The van der Waals surface area contributed by atoms with Crippen LogP contribution >= 0.6 is 0 Å². The van der Waals surface area contributed by atoms with Crippen molar-refractivity contribution < 1.29 is 41.0 Å². The Bertz CT molecular complexity index is 1060. The highest BCUT2D eigenvalue weighted by molar-refractivity contribution is 6.01. The molecule has 0 spiro atoms. The maximum absolute atomic E-state index is 12.2. The number of nitro groups is 2. The van der Waals surface area contributed by atoms with Crippen LogP contribution in [0.2, 0.25) is 0 Å². The fraction of sp³-hybridized carbons (Fsp3) is 0.222. The van der Waals surface area contributed by atoms with Crippen molar-refractivity contribution in [3.63, 3.8) is 0 Å². The zero-order valence-electron chi connectivity index (χ0n) is 17.4. The Kier molecular flexibility index (Phi) is 12.0. The molecule has 35 heavy (non-hydrogen) atoms. The number of benzene rings is 2. The molecule has 2 aromatic carbocycles. The molecule has 0 fully saturated rings. The van der Waals surface area contributed by atoms with Gasteiger partial charge in [-0.25, -0.2) is 0 Å². The summed E-state index contributed by atoms with van der Waals surface area (Å²) in [6.45, 7) is 0. The number of hydrazine groups is 1. The molecule has 0 bridgehead atoms. The molecular formula is C18H18F6N6O5. The number of carbonyl (C=O) groups excluding carboxylic acids is 1. The zero-order chi connectivity index (χ0) is 27.4. The van der Waals surface area contributed by atoms with Gasteiger partial charge in [-0.3, -0.25) is 36.7 Å². The number of nitrogens with two attached hydrogens (primary N) is 3. The van der Waals surface area contributed by atoms with E-state index < -0.39 is 52.2 Å². The standard InChI is InChI=1S/C9H8F3N3O2.C9H6F3NO3.H4N2/c10-9(11,12)5-8(14-13)6-2-1-3-7(4-6)15(16)17;10-9(11,12)5-8(14)6-2-1-3-7(4-6)13(15)16;1-2/h1-4H,5,13H2;1-4H,5H2;1-2H2/b14-8+;;. The quantitative estimate of drug-likeness (QED) is 0.130. The molecule has 6 N–H and O–H groups in total. The van der Waals surface area contributed by atoms with E-state index in [1.54, 1.807) is 0 Å². The van der Waals surface area contributed by atoms with Gasteiger partial charge in [0.15, 0.2) is 5.78 Å². The van der Waals surface area contributed by atoms with Gasteiger partial charge >= 0.3 is 12.4 Å². The molecule has 0 amide bonds. The summed E-state index contributed by atoms with van der Waals surface area (Å²) in [5, 5.41) is 23.8. The highest BCUT2D eigenvalue weighted by Crippen LogP contribution is 2.25. The van der Waals surface area contributed by atoms with Crippen molar-refractivity contribution in [2.75, 3.05) is 0 Å². The lowest BCUT2D eigenvalue weighted by Crippen LogP contribution is -2.17. The van der Waals surface area contributed by atoms with Crippen molar-refractivity contribution in [3.8, 4) is 0 Å². The molecule has 0 radical (unpaired) electrons. The number of hydrogen-bond donors (Lipinski definition) is 3. The zero-order valence-corrected chi connectivity index (χ0v) is 17.4. The van der Waals surface area contributed by atoms with Crippen LogP contribution in [0.15, 0.2) is 53.6 Å². The van der Waals surface area contributed by atoms with Crippen molar-refractivity contribution >= 4 is 22.9 Å². The Hall–Kier alpha value is -4.12. The first-order valence-corrected chi connectivity index (χ1v) is 8.89. The molecule has 17 heteroatoms. The van der Waals surface area contributed by atoms with E-state index in [0.29, 0.717) is 0 Å². The third-order valence-corrected chi connectivity index (χ3v) is 3.65. The highest BCUT2D eigenvalue weighted by atomic mass is 19.4. The lowest BCUT2D eigenvalue weighted by Gasteiger charge is -2.08. The molecule has 192 valence electrons. The molecule has 0 aliphatic heterocycles. The molecule has 0 saturated carbocycles. The predicted molar refractivity (Wildman–Crippen MR) is 111 cm³/mol. The van der Waals surface area contributed by atoms with Crippen molar-refractivity contribution in [2.45, 2.75) is 25.2 Å².